The Kier molecular flexibility index (Phi) is 6.34. The van der Waals surface area contributed by atoms with Gasteiger partial charge in [0.05, 0.1) is 30.0 Å². The Morgan fingerprint density at radius 2 is 2.12 bits per heavy atom. The van der Waals surface area contributed by atoms with Gasteiger partial charge in [-0.25, -0.2) is 4.98 Å². The van der Waals surface area contributed by atoms with Crippen LogP contribution in [-0.2, 0) is 21.8 Å². The molecule has 6 nitrogen and oxygen atoms in total. The molecule has 2 aromatic rings. The van der Waals surface area contributed by atoms with Gasteiger partial charge in [0, 0.05) is 25.7 Å². The lowest BCUT2D eigenvalue weighted by molar-refractivity contribution is -0.122. The van der Waals surface area contributed by atoms with Gasteiger partial charge in [0.25, 0.3) is 0 Å². The first-order valence-electron chi connectivity index (χ1n) is 8.70. The van der Waals surface area contributed by atoms with E-state index in [1.54, 1.807) is 11.8 Å². The van der Waals surface area contributed by atoms with E-state index in [0.717, 1.165) is 55.5 Å². The van der Waals surface area contributed by atoms with Crippen molar-refractivity contribution in [3.05, 3.63) is 30.1 Å². The number of ether oxygens (including phenoxy) is 1. The highest BCUT2D eigenvalue weighted by atomic mass is 32.2. The Morgan fingerprint density at radius 3 is 2.88 bits per heavy atom. The molecule has 1 aliphatic heterocycles. The van der Waals surface area contributed by atoms with Gasteiger partial charge in [-0.05, 0) is 25.3 Å². The van der Waals surface area contributed by atoms with Crippen LogP contribution in [-0.4, -0.2) is 65.5 Å². The maximum absolute atomic E-state index is 12.6. The minimum absolute atomic E-state index is 0.0336. The van der Waals surface area contributed by atoms with E-state index in [4.69, 9.17) is 4.74 Å². The number of thioether (sulfide) groups is 1. The summed E-state index contributed by atoms with van der Waals surface area (Å²) >= 11 is 1.71. The van der Waals surface area contributed by atoms with Crippen LogP contribution in [0, 0.1) is 0 Å². The van der Waals surface area contributed by atoms with Crippen LogP contribution in [0.4, 0.5) is 0 Å². The van der Waals surface area contributed by atoms with Crippen molar-refractivity contribution < 1.29 is 9.53 Å². The van der Waals surface area contributed by atoms with E-state index in [1.165, 1.54) is 0 Å². The number of rotatable bonds is 7. The molecule has 1 unspecified atom stereocenters. The number of aromatic nitrogens is 2. The number of morpholine rings is 1. The van der Waals surface area contributed by atoms with Crippen molar-refractivity contribution in [2.24, 2.45) is 0 Å². The highest BCUT2D eigenvalue weighted by Crippen LogP contribution is 2.18. The molecule has 0 aliphatic carbocycles. The number of nitrogens with zero attached hydrogens (tertiary/aromatic N) is 3. The summed E-state index contributed by atoms with van der Waals surface area (Å²) in [6.45, 7) is 6.65. The zero-order valence-corrected chi connectivity index (χ0v) is 15.7. The summed E-state index contributed by atoms with van der Waals surface area (Å²) in [7, 11) is 0. The van der Waals surface area contributed by atoms with Gasteiger partial charge in [0.1, 0.15) is 12.4 Å². The van der Waals surface area contributed by atoms with Crippen molar-refractivity contribution in [3.8, 4) is 0 Å². The maximum Gasteiger partial charge on any atom is 0.240 e. The summed E-state index contributed by atoms with van der Waals surface area (Å²) in [5, 5.41) is 3.12. The molecule has 136 valence electrons. The van der Waals surface area contributed by atoms with Crippen molar-refractivity contribution >= 4 is 28.7 Å². The summed E-state index contributed by atoms with van der Waals surface area (Å²) < 4.78 is 7.40. The van der Waals surface area contributed by atoms with E-state index in [2.05, 4.69) is 22.1 Å². The molecule has 0 bridgehead atoms. The Bertz CT molecular complexity index is 712. The van der Waals surface area contributed by atoms with Gasteiger partial charge in [-0.2, -0.15) is 11.8 Å². The summed E-state index contributed by atoms with van der Waals surface area (Å²) in [5.74, 6) is 1.78. The summed E-state index contributed by atoms with van der Waals surface area (Å²) in [6.07, 6.45) is 2.05. The van der Waals surface area contributed by atoms with Crippen molar-refractivity contribution in [2.45, 2.75) is 25.3 Å². The molecule has 2 heterocycles. The lowest BCUT2D eigenvalue weighted by Crippen LogP contribution is -2.46. The van der Waals surface area contributed by atoms with Crippen LogP contribution in [0.5, 0.6) is 0 Å². The fraction of sp³-hybridized carbons (Fsp3) is 0.556. The molecule has 0 radical (unpaired) electrons. The van der Waals surface area contributed by atoms with Gasteiger partial charge in [-0.15, -0.1) is 0 Å². The Hall–Kier alpha value is -1.57. The normalized spacial score (nSPS) is 16.9. The van der Waals surface area contributed by atoms with Crippen LogP contribution in [0.2, 0.25) is 0 Å². The SMILES string of the molecule is CSCc1nc2ccccc2n1CC(=O)NC(C)CN1CCOCC1. The first-order chi connectivity index (χ1) is 12.2. The zero-order valence-electron chi connectivity index (χ0n) is 14.9. The average Bonchev–Trinajstić information content (AvgIpc) is 2.93. The van der Waals surface area contributed by atoms with E-state index >= 15 is 0 Å². The van der Waals surface area contributed by atoms with E-state index < -0.39 is 0 Å². The van der Waals surface area contributed by atoms with E-state index in [0.29, 0.717) is 6.54 Å². The minimum Gasteiger partial charge on any atom is -0.379 e. The number of para-hydroxylation sites is 2. The monoisotopic (exact) mass is 362 g/mol. The zero-order chi connectivity index (χ0) is 17.6. The topological polar surface area (TPSA) is 59.4 Å². The van der Waals surface area contributed by atoms with Gasteiger partial charge >= 0.3 is 0 Å². The molecule has 0 spiro atoms. The molecule has 1 amide bonds. The van der Waals surface area contributed by atoms with Crippen LogP contribution in [0.15, 0.2) is 24.3 Å². The fourth-order valence-corrected chi connectivity index (χ4v) is 3.70. The van der Waals surface area contributed by atoms with Crippen molar-refractivity contribution in [1.82, 2.24) is 19.8 Å². The highest BCUT2D eigenvalue weighted by Gasteiger charge is 2.17. The molecule has 1 N–H and O–H groups in total. The van der Waals surface area contributed by atoms with Crippen LogP contribution < -0.4 is 5.32 Å². The Labute approximate surface area is 152 Å². The smallest absolute Gasteiger partial charge is 0.240 e. The van der Waals surface area contributed by atoms with E-state index in [9.17, 15) is 4.79 Å². The van der Waals surface area contributed by atoms with Crippen LogP contribution >= 0.6 is 11.8 Å². The molecule has 7 heteroatoms. The number of nitrogens with one attached hydrogen (secondary N) is 1. The van der Waals surface area contributed by atoms with Crippen LogP contribution in [0.1, 0.15) is 12.7 Å². The number of imidazole rings is 1. The van der Waals surface area contributed by atoms with E-state index in [1.807, 2.05) is 35.1 Å². The number of amides is 1. The molecule has 1 fully saturated rings. The average molecular weight is 362 g/mol. The van der Waals surface area contributed by atoms with Crippen LogP contribution in [0.3, 0.4) is 0 Å². The molecule has 1 aromatic heterocycles. The van der Waals surface area contributed by atoms with Gasteiger partial charge < -0.3 is 14.6 Å². The lowest BCUT2D eigenvalue weighted by atomic mass is 10.2. The lowest BCUT2D eigenvalue weighted by Gasteiger charge is -2.29. The number of hydrogen-bond donors (Lipinski definition) is 1. The largest absolute Gasteiger partial charge is 0.379 e. The summed E-state index contributed by atoms with van der Waals surface area (Å²) in [4.78, 5) is 19.6. The second-order valence-corrected chi connectivity index (χ2v) is 7.28. The third-order valence-electron chi connectivity index (χ3n) is 4.35. The molecular weight excluding hydrogens is 336 g/mol. The molecule has 1 aromatic carbocycles. The first-order valence-corrected chi connectivity index (χ1v) is 10.1. The van der Waals surface area contributed by atoms with Crippen molar-refractivity contribution in [2.75, 3.05) is 39.1 Å². The molecule has 25 heavy (non-hydrogen) atoms. The predicted molar refractivity (Wildman–Crippen MR) is 102 cm³/mol. The number of hydrogen-bond acceptors (Lipinski definition) is 5. The highest BCUT2D eigenvalue weighted by molar-refractivity contribution is 7.97. The van der Waals surface area contributed by atoms with Gasteiger partial charge in [0.2, 0.25) is 5.91 Å². The van der Waals surface area contributed by atoms with Gasteiger partial charge in [-0.3, -0.25) is 9.69 Å². The summed E-state index contributed by atoms with van der Waals surface area (Å²) in [6, 6.07) is 8.10. The third kappa shape index (κ3) is 4.74. The Balaban J connectivity index is 1.63. The minimum atomic E-state index is 0.0336. The predicted octanol–water partition coefficient (Wildman–Crippen LogP) is 1.74. The number of fused-ring (bicyclic) bond motifs is 1. The number of carbonyl (C=O) groups is 1. The second-order valence-electron chi connectivity index (χ2n) is 6.42. The molecule has 3 rings (SSSR count). The van der Waals surface area contributed by atoms with Crippen molar-refractivity contribution in [1.29, 1.82) is 0 Å². The standard InChI is InChI=1S/C18H26N4O2S/c1-14(11-21-7-9-24-10-8-21)19-18(23)12-22-16-6-4-3-5-15(16)20-17(22)13-25-2/h3-6,14H,7-13H2,1-2H3,(H,19,23). The number of benzene rings is 1. The molecular formula is C18H26N4O2S. The van der Waals surface area contributed by atoms with Gasteiger partial charge in [0.15, 0.2) is 0 Å². The van der Waals surface area contributed by atoms with E-state index in [-0.39, 0.29) is 11.9 Å². The molecule has 1 saturated heterocycles. The van der Waals surface area contributed by atoms with Gasteiger partial charge in [-0.1, -0.05) is 12.1 Å². The first kappa shape index (κ1) is 18.2. The molecule has 0 saturated carbocycles. The Morgan fingerprint density at radius 1 is 1.36 bits per heavy atom. The number of carbonyl (C=O) groups excluding carboxylic acids is 1. The second kappa shape index (κ2) is 8.69. The molecule has 1 aliphatic rings. The molecule has 1 atom stereocenters. The summed E-state index contributed by atoms with van der Waals surface area (Å²) in [5.41, 5.74) is 1.96. The maximum atomic E-state index is 12.6. The third-order valence-corrected chi connectivity index (χ3v) is 4.90. The fourth-order valence-electron chi connectivity index (χ4n) is 3.22. The van der Waals surface area contributed by atoms with Crippen molar-refractivity contribution in [3.63, 3.8) is 0 Å². The quantitative estimate of drug-likeness (QED) is 0.813. The van der Waals surface area contributed by atoms with Crippen LogP contribution in [0.25, 0.3) is 11.0 Å².